The summed E-state index contributed by atoms with van der Waals surface area (Å²) in [4.78, 5) is 25.4. The molecule has 0 saturated carbocycles. The van der Waals surface area contributed by atoms with Crippen LogP contribution in [0.1, 0.15) is 12.5 Å². The zero-order valence-corrected chi connectivity index (χ0v) is 15.3. The van der Waals surface area contributed by atoms with Crippen LogP contribution in [0.5, 0.6) is 0 Å². The molecule has 6 heteroatoms. The zero-order chi connectivity index (χ0) is 20.4. The summed E-state index contributed by atoms with van der Waals surface area (Å²) >= 11 is 0. The second-order valence-electron chi connectivity index (χ2n) is 6.12. The minimum absolute atomic E-state index is 0.0845. The van der Waals surface area contributed by atoms with E-state index in [1.54, 1.807) is 37.3 Å². The smallest absolute Gasteiger partial charge is 0.296 e. The largest absolute Gasteiger partial charge is 0.336 e. The predicted octanol–water partition coefficient (Wildman–Crippen LogP) is 3.45. The Kier molecular flexibility index (Phi) is 5.10. The molecule has 0 radical (unpaired) electrons. The van der Waals surface area contributed by atoms with Gasteiger partial charge in [0.05, 0.1) is 10.9 Å². The Morgan fingerprint density at radius 3 is 2.43 bits per heavy atom. The fourth-order valence-corrected chi connectivity index (χ4v) is 2.85. The van der Waals surface area contributed by atoms with Crippen molar-refractivity contribution in [3.63, 3.8) is 0 Å². The molecule has 0 unspecified atom stereocenters. The van der Waals surface area contributed by atoms with Crippen molar-refractivity contribution in [3.8, 4) is 17.5 Å². The highest BCUT2D eigenvalue weighted by Gasteiger charge is 2.19. The second-order valence-corrected chi connectivity index (χ2v) is 6.12. The van der Waals surface area contributed by atoms with Crippen molar-refractivity contribution in [2.75, 3.05) is 0 Å². The summed E-state index contributed by atoms with van der Waals surface area (Å²) in [6, 6.07) is 8.36. The van der Waals surface area contributed by atoms with E-state index in [9.17, 15) is 18.4 Å². The maximum atomic E-state index is 14.7. The number of para-hydroxylation sites is 1. The van der Waals surface area contributed by atoms with Crippen molar-refractivity contribution in [1.82, 2.24) is 9.13 Å². The molecule has 3 aromatic rings. The van der Waals surface area contributed by atoms with Gasteiger partial charge < -0.3 is 0 Å². The third-order valence-electron chi connectivity index (χ3n) is 4.19. The Labute approximate surface area is 159 Å². The number of hydrogen-bond donors (Lipinski definition) is 0. The summed E-state index contributed by atoms with van der Waals surface area (Å²) in [6.07, 6.45) is 3.21. The van der Waals surface area contributed by atoms with Gasteiger partial charge in [-0.15, -0.1) is 0 Å². The van der Waals surface area contributed by atoms with Gasteiger partial charge in [-0.25, -0.2) is 18.1 Å². The van der Waals surface area contributed by atoms with Crippen LogP contribution in [0.25, 0.3) is 16.6 Å². The molecule has 140 valence electrons. The molecule has 0 aliphatic carbocycles. The Morgan fingerprint density at radius 1 is 1.14 bits per heavy atom. The van der Waals surface area contributed by atoms with Crippen LogP contribution in [0, 0.1) is 23.5 Å². The van der Waals surface area contributed by atoms with Gasteiger partial charge in [-0.1, -0.05) is 42.7 Å². The second kappa shape index (κ2) is 7.49. The third-order valence-corrected chi connectivity index (χ3v) is 4.19. The van der Waals surface area contributed by atoms with E-state index < -0.39 is 28.6 Å². The molecule has 4 nitrogen and oxygen atoms in total. The average molecular weight is 378 g/mol. The first-order chi connectivity index (χ1) is 13.3. The molecule has 28 heavy (non-hydrogen) atoms. The molecule has 2 aromatic carbocycles. The number of nitrogens with zero attached hydrogens (tertiary/aromatic N) is 2. The molecule has 0 fully saturated rings. The van der Waals surface area contributed by atoms with Crippen molar-refractivity contribution in [3.05, 3.63) is 98.7 Å². The number of hydrogen-bond acceptors (Lipinski definition) is 2. The summed E-state index contributed by atoms with van der Waals surface area (Å²) in [7, 11) is 1.44. The van der Waals surface area contributed by atoms with E-state index >= 15 is 0 Å². The topological polar surface area (TPSA) is 44.0 Å². The number of fused-ring (bicyclic) bond motifs is 1. The molecule has 0 spiro atoms. The van der Waals surface area contributed by atoms with Crippen molar-refractivity contribution in [2.45, 2.75) is 6.92 Å². The molecule has 1 heterocycles. The number of aryl methyl sites for hydroxylation is 1. The molecule has 0 aliphatic rings. The van der Waals surface area contributed by atoms with E-state index in [4.69, 9.17) is 0 Å². The van der Waals surface area contributed by atoms with Crippen molar-refractivity contribution in [2.24, 2.45) is 7.05 Å². The molecular formula is C22H16F2N2O2. The van der Waals surface area contributed by atoms with Gasteiger partial charge in [0.1, 0.15) is 5.69 Å². The predicted molar refractivity (Wildman–Crippen MR) is 106 cm³/mol. The van der Waals surface area contributed by atoms with Crippen molar-refractivity contribution >= 4 is 10.9 Å². The minimum atomic E-state index is -1.05. The van der Waals surface area contributed by atoms with E-state index in [1.165, 1.54) is 17.7 Å². The molecule has 0 saturated heterocycles. The monoisotopic (exact) mass is 378 g/mol. The number of halogens is 2. The van der Waals surface area contributed by atoms with E-state index in [0.29, 0.717) is 15.7 Å². The number of allylic oxidation sites excluding steroid dienone is 3. The van der Waals surface area contributed by atoms with Crippen LogP contribution in [0.15, 0.2) is 70.3 Å². The van der Waals surface area contributed by atoms with Gasteiger partial charge in [0.2, 0.25) is 0 Å². The number of rotatable bonds is 2. The van der Waals surface area contributed by atoms with Gasteiger partial charge in [0, 0.05) is 12.6 Å². The highest BCUT2D eigenvalue weighted by Crippen LogP contribution is 2.18. The highest BCUT2D eigenvalue weighted by molar-refractivity contribution is 5.78. The van der Waals surface area contributed by atoms with Gasteiger partial charge in [-0.05, 0) is 36.8 Å². The first kappa shape index (κ1) is 19.1. The van der Waals surface area contributed by atoms with Crippen LogP contribution in [0.4, 0.5) is 8.78 Å². The lowest BCUT2D eigenvalue weighted by Gasteiger charge is -2.12. The lowest BCUT2D eigenvalue weighted by atomic mass is 10.1. The standard InChI is InChI=1S/C22H16F2N2O2/c1-4-7-14(2)10-11-15-12-17(23)20(18(24)13-15)26-21(27)16-8-5-6-9-19(16)25(3)22(26)28/h4-9,12-13H,1H2,2-3H3/b14-7+. The molecule has 3 rings (SSSR count). The summed E-state index contributed by atoms with van der Waals surface area (Å²) in [5, 5.41) is 0.178. The fourth-order valence-electron chi connectivity index (χ4n) is 2.85. The van der Waals surface area contributed by atoms with Gasteiger partial charge in [-0.2, -0.15) is 0 Å². The van der Waals surface area contributed by atoms with Crippen LogP contribution in [-0.4, -0.2) is 9.13 Å². The number of aromatic nitrogens is 2. The van der Waals surface area contributed by atoms with Crippen molar-refractivity contribution < 1.29 is 8.78 Å². The normalized spacial score (nSPS) is 11.2. The Bertz CT molecular complexity index is 1300. The lowest BCUT2D eigenvalue weighted by Crippen LogP contribution is -2.38. The van der Waals surface area contributed by atoms with E-state index in [2.05, 4.69) is 18.4 Å². The third kappa shape index (κ3) is 3.30. The lowest BCUT2D eigenvalue weighted by molar-refractivity contribution is 0.559. The van der Waals surface area contributed by atoms with E-state index in [1.807, 2.05) is 0 Å². The molecule has 0 amide bonds. The van der Waals surface area contributed by atoms with Gasteiger partial charge in [0.25, 0.3) is 5.56 Å². The first-order valence-electron chi connectivity index (χ1n) is 8.36. The molecule has 0 bridgehead atoms. The highest BCUT2D eigenvalue weighted by atomic mass is 19.1. The zero-order valence-electron chi connectivity index (χ0n) is 15.3. The van der Waals surface area contributed by atoms with Gasteiger partial charge >= 0.3 is 5.69 Å². The molecule has 0 atom stereocenters. The van der Waals surface area contributed by atoms with Gasteiger partial charge in [0.15, 0.2) is 11.6 Å². The minimum Gasteiger partial charge on any atom is -0.296 e. The van der Waals surface area contributed by atoms with Crippen LogP contribution in [0.3, 0.4) is 0 Å². The van der Waals surface area contributed by atoms with E-state index in [0.717, 1.165) is 12.1 Å². The summed E-state index contributed by atoms with van der Waals surface area (Å²) in [5.41, 5.74) is -1.23. The van der Waals surface area contributed by atoms with Crippen LogP contribution in [0.2, 0.25) is 0 Å². The molecule has 0 N–H and O–H groups in total. The van der Waals surface area contributed by atoms with Gasteiger partial charge in [-0.3, -0.25) is 9.36 Å². The van der Waals surface area contributed by atoms with Crippen LogP contribution in [-0.2, 0) is 7.05 Å². The average Bonchev–Trinajstić information content (AvgIpc) is 2.67. The van der Waals surface area contributed by atoms with Crippen LogP contribution < -0.4 is 11.2 Å². The Morgan fingerprint density at radius 2 is 1.79 bits per heavy atom. The molecule has 0 aliphatic heterocycles. The van der Waals surface area contributed by atoms with Crippen LogP contribution >= 0.6 is 0 Å². The molecule has 1 aromatic heterocycles. The summed E-state index contributed by atoms with van der Waals surface area (Å²) in [5.74, 6) is 3.28. The SMILES string of the molecule is C=C/C=C(\C)C#Cc1cc(F)c(-n2c(=O)c3ccccc3n(C)c2=O)c(F)c1. The molecular weight excluding hydrogens is 362 g/mol. The Hall–Kier alpha value is -3.72. The first-order valence-corrected chi connectivity index (χ1v) is 8.36. The quantitative estimate of drug-likeness (QED) is 0.506. The fraction of sp³-hybridized carbons (Fsp3) is 0.0909. The van der Waals surface area contributed by atoms with E-state index in [-0.39, 0.29) is 10.9 Å². The number of benzene rings is 2. The summed E-state index contributed by atoms with van der Waals surface area (Å²) in [6.45, 7) is 5.28. The van der Waals surface area contributed by atoms with Crippen molar-refractivity contribution in [1.29, 1.82) is 0 Å². The maximum absolute atomic E-state index is 14.7. The maximum Gasteiger partial charge on any atom is 0.336 e. The summed E-state index contributed by atoms with van der Waals surface area (Å²) < 4.78 is 31.1. The Balaban J connectivity index is 2.26.